The van der Waals surface area contributed by atoms with E-state index in [2.05, 4.69) is 42.3 Å². The van der Waals surface area contributed by atoms with Crippen LogP contribution in [0, 0.1) is 31.6 Å². The zero-order valence-corrected chi connectivity index (χ0v) is 19.0. The highest BCUT2D eigenvalue weighted by atomic mass is 19.4. The summed E-state index contributed by atoms with van der Waals surface area (Å²) < 4.78 is 63.6. The first kappa shape index (κ1) is 26.3. The SMILES string of the molecule is Cc1ccc(C)c(CN2C[C@@H]3[C@H](CNC(=O)C4CC(F)(F)C4)CO[C@@H]3C2)c1.O=C(O)C(F)(F)F. The summed E-state index contributed by atoms with van der Waals surface area (Å²) >= 11 is 0. The summed E-state index contributed by atoms with van der Waals surface area (Å²) in [5.41, 5.74) is 3.93. The van der Waals surface area contributed by atoms with Crippen LogP contribution in [0.5, 0.6) is 0 Å². The van der Waals surface area contributed by atoms with Crippen molar-refractivity contribution >= 4 is 11.9 Å². The number of nitrogens with one attached hydrogen (secondary N) is 1. The third-order valence-corrected chi connectivity index (χ3v) is 6.66. The number of fused-ring (bicyclic) bond motifs is 1. The zero-order chi connectivity index (χ0) is 25.3. The van der Waals surface area contributed by atoms with Crippen molar-refractivity contribution < 1.29 is 41.4 Å². The van der Waals surface area contributed by atoms with Crippen molar-refractivity contribution in [2.24, 2.45) is 17.8 Å². The molecule has 0 unspecified atom stereocenters. The smallest absolute Gasteiger partial charge is 0.475 e. The van der Waals surface area contributed by atoms with Gasteiger partial charge in [-0.05, 0) is 25.0 Å². The Morgan fingerprint density at radius 2 is 1.85 bits per heavy atom. The quantitative estimate of drug-likeness (QED) is 0.615. The number of carbonyl (C=O) groups is 2. The minimum atomic E-state index is -5.08. The molecule has 2 heterocycles. The molecule has 3 aliphatic rings. The number of amides is 1. The summed E-state index contributed by atoms with van der Waals surface area (Å²) in [5.74, 6) is -5.49. The Labute approximate surface area is 194 Å². The van der Waals surface area contributed by atoms with Crippen LogP contribution in [0.15, 0.2) is 18.2 Å². The number of aliphatic carboxylic acids is 1. The zero-order valence-electron chi connectivity index (χ0n) is 19.0. The molecule has 1 amide bonds. The number of carboxylic acids is 1. The third kappa shape index (κ3) is 6.65. The highest BCUT2D eigenvalue weighted by molar-refractivity contribution is 5.79. The number of ether oxygens (including phenoxy) is 1. The molecule has 1 saturated carbocycles. The standard InChI is InChI=1S/C21H28F2N2O2.C2HF3O2/c1-13-3-4-14(2)15(5-13)9-25-10-18-17(12-27-19(18)11-25)8-24-20(26)16-6-21(22,23)7-16;3-2(4,5)1(6)7/h3-5,16-19H,6-12H2,1-2H3,(H,24,26);(H,6,7)/t17-,18-,19-;/m1./s1. The van der Waals surface area contributed by atoms with Gasteiger partial charge in [0.05, 0.1) is 12.7 Å². The maximum atomic E-state index is 12.9. The van der Waals surface area contributed by atoms with Crippen LogP contribution >= 0.6 is 0 Å². The second-order valence-electron chi connectivity index (χ2n) is 9.43. The van der Waals surface area contributed by atoms with Crippen LogP contribution in [0.4, 0.5) is 22.0 Å². The topological polar surface area (TPSA) is 78.9 Å². The molecule has 2 saturated heterocycles. The maximum Gasteiger partial charge on any atom is 0.490 e. The van der Waals surface area contributed by atoms with Gasteiger partial charge in [0.2, 0.25) is 11.8 Å². The van der Waals surface area contributed by atoms with Crippen molar-refractivity contribution in [3.8, 4) is 0 Å². The Kier molecular flexibility index (Phi) is 7.86. The summed E-state index contributed by atoms with van der Waals surface area (Å²) in [6, 6.07) is 6.55. The Balaban J connectivity index is 0.000000406. The minimum Gasteiger partial charge on any atom is -0.475 e. The largest absolute Gasteiger partial charge is 0.490 e. The van der Waals surface area contributed by atoms with Gasteiger partial charge in [-0.3, -0.25) is 9.69 Å². The van der Waals surface area contributed by atoms with E-state index in [1.807, 2.05) is 0 Å². The number of likely N-dealkylation sites (tertiary alicyclic amines) is 1. The lowest BCUT2D eigenvalue weighted by Crippen LogP contribution is -2.46. The summed E-state index contributed by atoms with van der Waals surface area (Å²) in [4.78, 5) is 23.4. The first-order valence-corrected chi connectivity index (χ1v) is 11.1. The van der Waals surface area contributed by atoms with Gasteiger partial charge in [-0.1, -0.05) is 23.8 Å². The molecule has 1 aliphatic carbocycles. The molecule has 0 radical (unpaired) electrons. The number of aryl methyl sites for hydroxylation is 2. The molecule has 0 spiro atoms. The van der Waals surface area contributed by atoms with Crippen molar-refractivity contribution in [1.82, 2.24) is 10.2 Å². The lowest BCUT2D eigenvalue weighted by atomic mass is 9.80. The predicted molar refractivity (Wildman–Crippen MR) is 112 cm³/mol. The molecule has 0 aromatic heterocycles. The van der Waals surface area contributed by atoms with Gasteiger partial charge in [-0.2, -0.15) is 13.2 Å². The fourth-order valence-corrected chi connectivity index (χ4v) is 4.65. The number of benzene rings is 1. The molecule has 11 heteroatoms. The van der Waals surface area contributed by atoms with Gasteiger partial charge >= 0.3 is 12.1 Å². The Morgan fingerprint density at radius 1 is 1.21 bits per heavy atom. The van der Waals surface area contributed by atoms with Gasteiger partial charge in [0, 0.05) is 56.8 Å². The van der Waals surface area contributed by atoms with Gasteiger partial charge in [-0.25, -0.2) is 13.6 Å². The molecule has 0 bridgehead atoms. The van der Waals surface area contributed by atoms with Crippen molar-refractivity contribution in [3.05, 3.63) is 34.9 Å². The third-order valence-electron chi connectivity index (χ3n) is 6.66. The number of hydrogen-bond donors (Lipinski definition) is 2. The van der Waals surface area contributed by atoms with Crippen molar-refractivity contribution in [1.29, 1.82) is 0 Å². The summed E-state index contributed by atoms with van der Waals surface area (Å²) in [7, 11) is 0. The van der Waals surface area contributed by atoms with E-state index in [1.165, 1.54) is 16.7 Å². The van der Waals surface area contributed by atoms with Crippen LogP contribution in [-0.4, -0.2) is 66.3 Å². The molecule has 2 N–H and O–H groups in total. The maximum absolute atomic E-state index is 12.9. The van der Waals surface area contributed by atoms with Crippen LogP contribution in [0.3, 0.4) is 0 Å². The molecule has 34 heavy (non-hydrogen) atoms. The van der Waals surface area contributed by atoms with E-state index in [1.54, 1.807) is 0 Å². The van der Waals surface area contributed by atoms with Crippen LogP contribution in [-0.2, 0) is 20.9 Å². The van der Waals surface area contributed by atoms with Gasteiger partial charge in [0.15, 0.2) is 0 Å². The normalized spacial score (nSPS) is 26.3. The van der Waals surface area contributed by atoms with E-state index < -0.39 is 24.0 Å². The molecule has 4 rings (SSSR count). The molecular formula is C23H29F5N2O4. The number of carboxylic acid groups (broad SMARTS) is 1. The number of hydrogen-bond acceptors (Lipinski definition) is 4. The van der Waals surface area contributed by atoms with Crippen LogP contribution in [0.2, 0.25) is 0 Å². The Bertz CT molecular complexity index is 900. The van der Waals surface area contributed by atoms with Crippen molar-refractivity contribution in [2.75, 3.05) is 26.2 Å². The monoisotopic (exact) mass is 492 g/mol. The second-order valence-corrected chi connectivity index (χ2v) is 9.43. The van der Waals surface area contributed by atoms with E-state index in [0.717, 1.165) is 19.6 Å². The summed E-state index contributed by atoms with van der Waals surface area (Å²) in [6.45, 7) is 8.22. The van der Waals surface area contributed by atoms with Crippen LogP contribution in [0.1, 0.15) is 29.5 Å². The first-order chi connectivity index (χ1) is 15.7. The Hall–Kier alpha value is -2.27. The van der Waals surface area contributed by atoms with E-state index in [9.17, 15) is 26.7 Å². The summed E-state index contributed by atoms with van der Waals surface area (Å²) in [6.07, 6.45) is -5.49. The lowest BCUT2D eigenvalue weighted by molar-refractivity contribution is -0.192. The molecule has 1 aromatic carbocycles. The van der Waals surface area contributed by atoms with Crippen LogP contribution < -0.4 is 5.32 Å². The average molecular weight is 492 g/mol. The van der Waals surface area contributed by atoms with E-state index in [4.69, 9.17) is 14.6 Å². The van der Waals surface area contributed by atoms with Crippen LogP contribution in [0.25, 0.3) is 0 Å². The highest BCUT2D eigenvalue weighted by Crippen LogP contribution is 2.42. The van der Waals surface area contributed by atoms with Gasteiger partial charge in [0.1, 0.15) is 0 Å². The van der Waals surface area contributed by atoms with Crippen molar-refractivity contribution in [3.63, 3.8) is 0 Å². The summed E-state index contributed by atoms with van der Waals surface area (Å²) in [5, 5.41) is 10.0. The number of carbonyl (C=O) groups excluding carboxylic acids is 1. The predicted octanol–water partition coefficient (Wildman–Crippen LogP) is 3.55. The molecule has 190 valence electrons. The molecule has 2 aliphatic heterocycles. The highest BCUT2D eigenvalue weighted by Gasteiger charge is 2.49. The molecule has 3 fully saturated rings. The average Bonchev–Trinajstić information content (AvgIpc) is 3.27. The second kappa shape index (κ2) is 10.2. The van der Waals surface area contributed by atoms with E-state index >= 15 is 0 Å². The number of alkyl halides is 5. The van der Waals surface area contributed by atoms with Gasteiger partial charge in [0.25, 0.3) is 0 Å². The molecular weight excluding hydrogens is 463 g/mol. The molecule has 6 nitrogen and oxygen atoms in total. The number of halogens is 5. The van der Waals surface area contributed by atoms with E-state index in [0.29, 0.717) is 19.1 Å². The van der Waals surface area contributed by atoms with Gasteiger partial charge in [-0.15, -0.1) is 0 Å². The number of rotatable bonds is 5. The van der Waals surface area contributed by atoms with Gasteiger partial charge < -0.3 is 15.2 Å². The van der Waals surface area contributed by atoms with Crippen molar-refractivity contribution in [2.45, 2.75) is 51.4 Å². The number of nitrogens with zero attached hydrogens (tertiary/aromatic N) is 1. The minimum absolute atomic E-state index is 0.213. The van der Waals surface area contributed by atoms with E-state index in [-0.39, 0.29) is 30.8 Å². The molecule has 3 atom stereocenters. The molecule has 1 aromatic rings. The fraction of sp³-hybridized carbons (Fsp3) is 0.652. The Morgan fingerprint density at radius 3 is 2.44 bits per heavy atom. The first-order valence-electron chi connectivity index (χ1n) is 11.1. The lowest BCUT2D eigenvalue weighted by Gasteiger charge is -2.34. The fourth-order valence-electron chi connectivity index (χ4n) is 4.65.